The van der Waals surface area contributed by atoms with Gasteiger partial charge in [-0.1, -0.05) is 19.8 Å². The average molecular weight is 138 g/mol. The Balaban J connectivity index is 2.15. The first kappa shape index (κ1) is 7.32. The van der Waals surface area contributed by atoms with E-state index >= 15 is 0 Å². The van der Waals surface area contributed by atoms with Crippen molar-refractivity contribution in [3.8, 4) is 0 Å². The second-order valence-electron chi connectivity index (χ2n) is 2.29. The summed E-state index contributed by atoms with van der Waals surface area (Å²) in [6, 6.07) is 0. The summed E-state index contributed by atoms with van der Waals surface area (Å²) >= 11 is 0. The minimum atomic E-state index is 1.01. The minimum Gasteiger partial charge on any atom is -0.451 e. The Morgan fingerprint density at radius 1 is 1.50 bits per heavy atom. The number of oxazole rings is 1. The van der Waals surface area contributed by atoms with Crippen molar-refractivity contribution in [2.45, 2.75) is 25.7 Å². The van der Waals surface area contributed by atoms with Crippen molar-refractivity contribution in [2.75, 3.05) is 0 Å². The summed E-state index contributed by atoms with van der Waals surface area (Å²) in [5.41, 5.74) is 1.05. The Morgan fingerprint density at radius 2 is 2.40 bits per heavy atom. The van der Waals surface area contributed by atoms with Crippen LogP contribution in [0.3, 0.4) is 0 Å². The molecule has 1 aromatic rings. The van der Waals surface area contributed by atoms with Gasteiger partial charge in [0.25, 0.3) is 0 Å². The number of nitrogens with zero attached hydrogens (tertiary/aromatic N) is 1. The van der Waals surface area contributed by atoms with Crippen LogP contribution in [-0.2, 0) is 6.42 Å². The molecule has 1 heterocycles. The lowest BCUT2D eigenvalue weighted by atomic mass is 10.2. The van der Waals surface area contributed by atoms with Crippen LogP contribution in [0.1, 0.15) is 25.0 Å². The first-order valence-corrected chi connectivity index (χ1v) is 3.60. The molecule has 0 fully saturated rings. The molecule has 2 nitrogen and oxygen atoms in total. The van der Waals surface area contributed by atoms with Gasteiger partial charge in [-0.25, -0.2) is 4.98 Å². The fourth-order valence-corrected chi connectivity index (χ4v) is 0.844. The van der Waals surface area contributed by atoms with Crippen molar-refractivity contribution in [1.82, 2.24) is 4.98 Å². The Labute approximate surface area is 61.3 Å². The Bertz CT molecular complexity index is 158. The third-order valence-electron chi connectivity index (χ3n) is 1.42. The van der Waals surface area contributed by atoms with E-state index < -0.39 is 0 Å². The van der Waals surface area contributed by atoms with Crippen molar-refractivity contribution >= 4 is 0 Å². The zero-order valence-corrected chi connectivity index (χ0v) is 6.05. The molecule has 0 saturated carbocycles. The van der Waals surface area contributed by atoms with Gasteiger partial charge in [-0.3, -0.25) is 0 Å². The van der Waals surface area contributed by atoms with Gasteiger partial charge in [0.1, 0.15) is 6.26 Å². The Hall–Kier alpha value is -0.790. The molecule has 1 rings (SSSR count). The van der Waals surface area contributed by atoms with Gasteiger partial charge in [-0.05, 0) is 12.8 Å². The molecular weight excluding hydrogens is 126 g/mol. The first-order chi connectivity index (χ1) is 4.93. The highest BCUT2D eigenvalue weighted by atomic mass is 16.3. The van der Waals surface area contributed by atoms with Crippen LogP contribution in [0.15, 0.2) is 17.1 Å². The molecule has 0 aliphatic rings. The van der Waals surface area contributed by atoms with E-state index in [9.17, 15) is 0 Å². The highest BCUT2D eigenvalue weighted by Crippen LogP contribution is 2.02. The topological polar surface area (TPSA) is 26.0 Å². The molecule has 0 N–H and O–H groups in total. The molecule has 0 amide bonds. The molecule has 0 aromatic carbocycles. The number of aromatic nitrogens is 1. The summed E-state index contributed by atoms with van der Waals surface area (Å²) in [4.78, 5) is 4.00. The maximum Gasteiger partial charge on any atom is 0.180 e. The molecule has 2 heteroatoms. The molecule has 1 radical (unpaired) electrons. The number of hydrogen-bond donors (Lipinski definition) is 0. The van der Waals surface area contributed by atoms with Crippen LogP contribution >= 0.6 is 0 Å². The molecule has 0 aliphatic heterocycles. The fraction of sp³-hybridized carbons (Fsp3) is 0.500. The van der Waals surface area contributed by atoms with Crippen molar-refractivity contribution in [3.63, 3.8) is 0 Å². The van der Waals surface area contributed by atoms with E-state index in [1.165, 1.54) is 12.8 Å². The maximum atomic E-state index is 4.82. The zero-order valence-electron chi connectivity index (χ0n) is 6.05. The zero-order chi connectivity index (χ0) is 7.23. The standard InChI is InChI=1S/C8H12NO/c1-2-3-4-5-8-6-10-7-9-8/h6-7H,1-5H2. The highest BCUT2D eigenvalue weighted by molar-refractivity contribution is 4.90. The molecule has 0 atom stereocenters. The number of hydrogen-bond acceptors (Lipinski definition) is 2. The monoisotopic (exact) mass is 138 g/mol. The van der Waals surface area contributed by atoms with Crippen LogP contribution in [0.5, 0.6) is 0 Å². The number of rotatable bonds is 4. The van der Waals surface area contributed by atoms with Crippen LogP contribution in [0.25, 0.3) is 0 Å². The van der Waals surface area contributed by atoms with E-state index in [2.05, 4.69) is 11.9 Å². The fourth-order valence-electron chi connectivity index (χ4n) is 0.844. The average Bonchev–Trinajstić information content (AvgIpc) is 2.41. The summed E-state index contributed by atoms with van der Waals surface area (Å²) in [5.74, 6) is 0. The van der Waals surface area contributed by atoms with Crippen LogP contribution in [-0.4, -0.2) is 4.98 Å². The van der Waals surface area contributed by atoms with Crippen molar-refractivity contribution in [1.29, 1.82) is 0 Å². The quantitative estimate of drug-likeness (QED) is 0.596. The van der Waals surface area contributed by atoms with Gasteiger partial charge in [0, 0.05) is 0 Å². The van der Waals surface area contributed by atoms with Crippen molar-refractivity contribution < 1.29 is 4.42 Å². The molecule has 0 bridgehead atoms. The van der Waals surface area contributed by atoms with Gasteiger partial charge in [-0.2, -0.15) is 0 Å². The van der Waals surface area contributed by atoms with Crippen molar-refractivity contribution in [2.24, 2.45) is 0 Å². The van der Waals surface area contributed by atoms with E-state index in [-0.39, 0.29) is 0 Å². The number of aryl methyl sites for hydroxylation is 1. The molecule has 55 valence electrons. The Morgan fingerprint density at radius 3 is 3.00 bits per heavy atom. The van der Waals surface area contributed by atoms with Gasteiger partial charge >= 0.3 is 0 Å². The summed E-state index contributed by atoms with van der Waals surface area (Å²) in [6.07, 6.45) is 7.54. The highest BCUT2D eigenvalue weighted by Gasteiger charge is 1.93. The first-order valence-electron chi connectivity index (χ1n) is 3.60. The smallest absolute Gasteiger partial charge is 0.180 e. The third-order valence-corrected chi connectivity index (χ3v) is 1.42. The largest absolute Gasteiger partial charge is 0.451 e. The Kier molecular flexibility index (Phi) is 3.00. The maximum absolute atomic E-state index is 4.82. The van der Waals surface area contributed by atoms with Crippen LogP contribution in [0.4, 0.5) is 0 Å². The minimum absolute atomic E-state index is 1.01. The normalized spacial score (nSPS) is 10.1. The summed E-state index contributed by atoms with van der Waals surface area (Å²) in [5, 5.41) is 0. The molecule has 0 aliphatic carbocycles. The SMILES string of the molecule is [CH2]CCCCc1cocn1. The lowest BCUT2D eigenvalue weighted by molar-refractivity contribution is 0.555. The van der Waals surface area contributed by atoms with E-state index in [0.29, 0.717) is 0 Å². The van der Waals surface area contributed by atoms with Crippen LogP contribution in [0.2, 0.25) is 0 Å². The molecule has 0 unspecified atom stereocenters. The number of unbranched alkanes of at least 4 members (excludes halogenated alkanes) is 2. The van der Waals surface area contributed by atoms with Crippen LogP contribution in [0, 0.1) is 6.92 Å². The van der Waals surface area contributed by atoms with Gasteiger partial charge in [0.15, 0.2) is 6.39 Å². The van der Waals surface area contributed by atoms with Crippen LogP contribution < -0.4 is 0 Å². The van der Waals surface area contributed by atoms with Gasteiger partial charge in [0.2, 0.25) is 0 Å². The molecule has 0 spiro atoms. The van der Waals surface area contributed by atoms with E-state index in [1.807, 2.05) is 0 Å². The van der Waals surface area contributed by atoms with E-state index in [4.69, 9.17) is 4.42 Å². The van der Waals surface area contributed by atoms with Gasteiger partial charge in [0.05, 0.1) is 5.69 Å². The predicted molar refractivity (Wildman–Crippen MR) is 39.4 cm³/mol. The van der Waals surface area contributed by atoms with Gasteiger partial charge in [-0.15, -0.1) is 0 Å². The van der Waals surface area contributed by atoms with E-state index in [1.54, 1.807) is 6.26 Å². The second kappa shape index (κ2) is 4.09. The van der Waals surface area contributed by atoms with Crippen molar-refractivity contribution in [3.05, 3.63) is 25.3 Å². The summed E-state index contributed by atoms with van der Waals surface area (Å²) < 4.78 is 4.82. The third kappa shape index (κ3) is 2.21. The molecule has 1 aromatic heterocycles. The second-order valence-corrected chi connectivity index (χ2v) is 2.29. The summed E-state index contributed by atoms with van der Waals surface area (Å²) in [6.45, 7) is 3.76. The molecule has 10 heavy (non-hydrogen) atoms. The molecule has 0 saturated heterocycles. The van der Waals surface area contributed by atoms with Gasteiger partial charge < -0.3 is 4.42 Å². The molecular formula is C8H12NO. The lowest BCUT2D eigenvalue weighted by Crippen LogP contribution is -1.83. The predicted octanol–water partition coefficient (Wildman–Crippen LogP) is 2.22. The lowest BCUT2D eigenvalue weighted by Gasteiger charge is -1.91. The summed E-state index contributed by atoms with van der Waals surface area (Å²) in [7, 11) is 0. The van der Waals surface area contributed by atoms with E-state index in [0.717, 1.165) is 25.0 Å².